The molecule has 0 saturated heterocycles. The molecule has 2 N–H and O–H groups in total. The van der Waals surface area contributed by atoms with E-state index in [0.717, 1.165) is 5.56 Å². The summed E-state index contributed by atoms with van der Waals surface area (Å²) in [4.78, 5) is 11.5. The molecule has 0 radical (unpaired) electrons. The maximum atomic E-state index is 13.0. The van der Waals surface area contributed by atoms with Crippen molar-refractivity contribution in [3.63, 3.8) is 0 Å². The predicted molar refractivity (Wildman–Crippen MR) is 73.4 cm³/mol. The molecule has 4 nitrogen and oxygen atoms in total. The van der Waals surface area contributed by atoms with Gasteiger partial charge < -0.3 is 15.2 Å². The van der Waals surface area contributed by atoms with Crippen LogP contribution in [0.1, 0.15) is 31.7 Å². The second-order valence-electron chi connectivity index (χ2n) is 5.31. The number of likely N-dealkylation sites (N-methyl/N-ethyl adjacent to an activating group) is 1. The van der Waals surface area contributed by atoms with Gasteiger partial charge in [0.05, 0.1) is 0 Å². The lowest BCUT2D eigenvalue weighted by Gasteiger charge is -2.25. The van der Waals surface area contributed by atoms with E-state index in [1.165, 1.54) is 12.1 Å². The Hall–Kier alpha value is -1.62. The molecule has 0 aliphatic heterocycles. The SMILES string of the molecule is CCNC1(C(=O)O)CCC(Oc2ccc(F)cc2C)C1. The van der Waals surface area contributed by atoms with E-state index in [-0.39, 0.29) is 11.9 Å². The highest BCUT2D eigenvalue weighted by Gasteiger charge is 2.45. The molecule has 1 aliphatic carbocycles. The van der Waals surface area contributed by atoms with Crippen molar-refractivity contribution in [2.45, 2.75) is 44.8 Å². The van der Waals surface area contributed by atoms with Crippen LogP contribution in [-0.2, 0) is 4.79 Å². The lowest BCUT2D eigenvalue weighted by atomic mass is 9.98. The van der Waals surface area contributed by atoms with Crippen molar-refractivity contribution < 1.29 is 19.0 Å². The molecular formula is C15H20FNO3. The Morgan fingerprint density at radius 3 is 2.95 bits per heavy atom. The van der Waals surface area contributed by atoms with Gasteiger partial charge in [0.1, 0.15) is 23.2 Å². The molecule has 0 amide bonds. The number of carboxylic acids is 1. The second kappa shape index (κ2) is 5.79. The molecule has 1 aliphatic rings. The Labute approximate surface area is 117 Å². The molecule has 5 heteroatoms. The molecule has 20 heavy (non-hydrogen) atoms. The summed E-state index contributed by atoms with van der Waals surface area (Å²) in [6, 6.07) is 4.36. The van der Waals surface area contributed by atoms with E-state index in [4.69, 9.17) is 4.74 Å². The number of nitrogens with one attached hydrogen (secondary N) is 1. The maximum Gasteiger partial charge on any atom is 0.324 e. The third-order valence-electron chi connectivity index (χ3n) is 3.82. The Balaban J connectivity index is 2.07. The monoisotopic (exact) mass is 281 g/mol. The first-order valence-corrected chi connectivity index (χ1v) is 6.88. The van der Waals surface area contributed by atoms with E-state index < -0.39 is 11.5 Å². The third-order valence-corrected chi connectivity index (χ3v) is 3.82. The number of hydrogen-bond donors (Lipinski definition) is 2. The zero-order valence-corrected chi connectivity index (χ0v) is 11.8. The summed E-state index contributed by atoms with van der Waals surface area (Å²) in [5, 5.41) is 12.5. The normalized spacial score (nSPS) is 25.6. The van der Waals surface area contributed by atoms with Crippen molar-refractivity contribution in [3.8, 4) is 5.75 Å². The fraction of sp³-hybridized carbons (Fsp3) is 0.533. The topological polar surface area (TPSA) is 58.6 Å². The zero-order chi connectivity index (χ0) is 14.8. The fourth-order valence-corrected chi connectivity index (χ4v) is 2.79. The summed E-state index contributed by atoms with van der Waals surface area (Å²) < 4.78 is 18.9. The van der Waals surface area contributed by atoms with Gasteiger partial charge in [-0.25, -0.2) is 4.39 Å². The van der Waals surface area contributed by atoms with Gasteiger partial charge in [-0.2, -0.15) is 0 Å². The van der Waals surface area contributed by atoms with E-state index >= 15 is 0 Å². The van der Waals surface area contributed by atoms with E-state index in [9.17, 15) is 14.3 Å². The molecular weight excluding hydrogens is 261 g/mol. The minimum absolute atomic E-state index is 0.158. The van der Waals surface area contributed by atoms with E-state index in [1.807, 2.05) is 6.92 Å². The van der Waals surface area contributed by atoms with Crippen molar-refractivity contribution in [1.29, 1.82) is 0 Å². The largest absolute Gasteiger partial charge is 0.490 e. The molecule has 1 fully saturated rings. The molecule has 2 rings (SSSR count). The first kappa shape index (κ1) is 14.8. The summed E-state index contributed by atoms with van der Waals surface area (Å²) in [5.41, 5.74) is -0.172. The van der Waals surface area contributed by atoms with Gasteiger partial charge >= 0.3 is 5.97 Å². The summed E-state index contributed by atoms with van der Waals surface area (Å²) >= 11 is 0. The van der Waals surface area contributed by atoms with Crippen LogP contribution in [0.2, 0.25) is 0 Å². The van der Waals surface area contributed by atoms with Crippen LogP contribution in [0.5, 0.6) is 5.75 Å². The highest BCUT2D eigenvalue weighted by atomic mass is 19.1. The van der Waals surface area contributed by atoms with Crippen LogP contribution < -0.4 is 10.1 Å². The van der Waals surface area contributed by atoms with Crippen LogP contribution in [0.15, 0.2) is 18.2 Å². The van der Waals surface area contributed by atoms with Crippen LogP contribution in [0, 0.1) is 12.7 Å². The Bertz CT molecular complexity index is 506. The second-order valence-corrected chi connectivity index (χ2v) is 5.31. The van der Waals surface area contributed by atoms with Crippen LogP contribution >= 0.6 is 0 Å². The molecule has 2 atom stereocenters. The molecule has 110 valence electrons. The minimum Gasteiger partial charge on any atom is -0.490 e. The molecule has 2 unspecified atom stereocenters. The Kier molecular flexibility index (Phi) is 4.28. The van der Waals surface area contributed by atoms with Crippen LogP contribution in [0.4, 0.5) is 4.39 Å². The first-order chi connectivity index (χ1) is 9.47. The van der Waals surface area contributed by atoms with Crippen molar-refractivity contribution in [2.24, 2.45) is 0 Å². The smallest absolute Gasteiger partial charge is 0.324 e. The molecule has 1 saturated carbocycles. The Morgan fingerprint density at radius 2 is 2.35 bits per heavy atom. The number of benzene rings is 1. The van der Waals surface area contributed by atoms with Gasteiger partial charge in [-0.1, -0.05) is 6.92 Å². The van der Waals surface area contributed by atoms with Gasteiger partial charge in [0.25, 0.3) is 0 Å². The van der Waals surface area contributed by atoms with Gasteiger partial charge in [0, 0.05) is 6.42 Å². The van der Waals surface area contributed by atoms with Gasteiger partial charge in [-0.15, -0.1) is 0 Å². The predicted octanol–water partition coefficient (Wildman–Crippen LogP) is 2.50. The highest BCUT2D eigenvalue weighted by Crippen LogP contribution is 2.34. The van der Waals surface area contributed by atoms with Crippen LogP contribution in [-0.4, -0.2) is 29.3 Å². The lowest BCUT2D eigenvalue weighted by Crippen LogP contribution is -2.50. The number of carbonyl (C=O) groups is 1. The summed E-state index contributed by atoms with van der Waals surface area (Å²) in [6.45, 7) is 4.28. The van der Waals surface area contributed by atoms with Crippen molar-refractivity contribution >= 4 is 5.97 Å². The lowest BCUT2D eigenvalue weighted by molar-refractivity contribution is -0.144. The number of carboxylic acid groups (broad SMARTS) is 1. The van der Waals surface area contributed by atoms with Gasteiger partial charge in [-0.05, 0) is 50.1 Å². The summed E-state index contributed by atoms with van der Waals surface area (Å²) in [5.74, 6) is -0.510. The van der Waals surface area contributed by atoms with Crippen molar-refractivity contribution in [2.75, 3.05) is 6.54 Å². The average Bonchev–Trinajstić information content (AvgIpc) is 2.78. The number of ether oxygens (including phenoxy) is 1. The van der Waals surface area contributed by atoms with E-state index in [1.54, 1.807) is 13.0 Å². The maximum absolute atomic E-state index is 13.0. The molecule has 1 aromatic rings. The molecule has 0 spiro atoms. The highest BCUT2D eigenvalue weighted by molar-refractivity contribution is 5.79. The summed E-state index contributed by atoms with van der Waals surface area (Å²) in [7, 11) is 0. The number of halogens is 1. The van der Waals surface area contributed by atoms with Crippen molar-refractivity contribution in [1.82, 2.24) is 5.32 Å². The van der Waals surface area contributed by atoms with Gasteiger partial charge in [0.15, 0.2) is 0 Å². The van der Waals surface area contributed by atoms with E-state index in [0.29, 0.717) is 31.6 Å². The molecule has 0 bridgehead atoms. The Morgan fingerprint density at radius 1 is 1.60 bits per heavy atom. The molecule has 0 aromatic heterocycles. The fourth-order valence-electron chi connectivity index (χ4n) is 2.79. The first-order valence-electron chi connectivity index (χ1n) is 6.88. The number of rotatable bonds is 5. The summed E-state index contributed by atoms with van der Waals surface area (Å²) in [6.07, 6.45) is 1.48. The average molecular weight is 281 g/mol. The number of aryl methyl sites for hydroxylation is 1. The minimum atomic E-state index is -0.895. The van der Waals surface area contributed by atoms with Crippen molar-refractivity contribution in [3.05, 3.63) is 29.6 Å². The standard InChI is InChI=1S/C15H20FNO3/c1-3-17-15(14(18)19)7-6-12(9-15)20-13-5-4-11(16)8-10(13)2/h4-5,8,12,17H,3,6-7,9H2,1-2H3,(H,18,19). The van der Waals surface area contributed by atoms with E-state index in [2.05, 4.69) is 5.32 Å². The number of aliphatic carboxylic acids is 1. The molecule has 0 heterocycles. The quantitative estimate of drug-likeness (QED) is 0.870. The number of hydrogen-bond acceptors (Lipinski definition) is 3. The zero-order valence-electron chi connectivity index (χ0n) is 11.8. The third kappa shape index (κ3) is 2.93. The molecule has 1 aromatic carbocycles. The van der Waals surface area contributed by atoms with Crippen LogP contribution in [0.25, 0.3) is 0 Å². The van der Waals surface area contributed by atoms with Gasteiger partial charge in [-0.3, -0.25) is 4.79 Å². The van der Waals surface area contributed by atoms with Gasteiger partial charge in [0.2, 0.25) is 0 Å². The van der Waals surface area contributed by atoms with Crippen LogP contribution in [0.3, 0.4) is 0 Å².